The van der Waals surface area contributed by atoms with Crippen LogP contribution in [-0.2, 0) is 11.3 Å². The van der Waals surface area contributed by atoms with Gasteiger partial charge in [0.25, 0.3) is 0 Å². The molecule has 0 aliphatic rings. The molecule has 0 bridgehead atoms. The zero-order valence-corrected chi connectivity index (χ0v) is 10.3. The summed E-state index contributed by atoms with van der Waals surface area (Å²) < 4.78 is 1.17. The molecular formula is C10H13IN2O2. The molecule has 0 fully saturated rings. The minimum absolute atomic E-state index is 0.182. The van der Waals surface area contributed by atoms with Gasteiger partial charge in [-0.05, 0) is 40.3 Å². The van der Waals surface area contributed by atoms with Gasteiger partial charge in [-0.3, -0.25) is 4.79 Å². The summed E-state index contributed by atoms with van der Waals surface area (Å²) in [6.45, 7) is 0.794. The summed E-state index contributed by atoms with van der Waals surface area (Å²) in [4.78, 5) is 10.5. The number of aliphatic hydroxyl groups excluding tert-OH is 1. The molecule has 1 aromatic carbocycles. The molecule has 1 rings (SSSR count). The maximum absolute atomic E-state index is 10.5. The highest BCUT2D eigenvalue weighted by Gasteiger charge is 2.08. The SMILES string of the molecule is NC(=O)C(O)CNCc1ccc(I)cc1. The average molecular weight is 320 g/mol. The van der Waals surface area contributed by atoms with Gasteiger partial charge in [-0.2, -0.15) is 0 Å². The van der Waals surface area contributed by atoms with E-state index in [9.17, 15) is 4.79 Å². The van der Waals surface area contributed by atoms with Gasteiger partial charge in [-0.1, -0.05) is 12.1 Å². The Morgan fingerprint density at radius 3 is 2.60 bits per heavy atom. The number of carbonyl (C=O) groups is 1. The molecular weight excluding hydrogens is 307 g/mol. The Labute approximate surface area is 102 Å². The van der Waals surface area contributed by atoms with Crippen molar-refractivity contribution < 1.29 is 9.90 Å². The molecule has 4 N–H and O–H groups in total. The van der Waals surface area contributed by atoms with E-state index in [2.05, 4.69) is 27.9 Å². The van der Waals surface area contributed by atoms with Crippen LogP contribution in [0.15, 0.2) is 24.3 Å². The lowest BCUT2D eigenvalue weighted by Crippen LogP contribution is -2.37. The number of nitrogens with one attached hydrogen (secondary N) is 1. The molecule has 1 aromatic rings. The number of hydrogen-bond acceptors (Lipinski definition) is 3. The highest BCUT2D eigenvalue weighted by Crippen LogP contribution is 2.06. The molecule has 82 valence electrons. The van der Waals surface area contributed by atoms with E-state index in [-0.39, 0.29) is 6.54 Å². The zero-order valence-electron chi connectivity index (χ0n) is 8.11. The Morgan fingerprint density at radius 2 is 2.07 bits per heavy atom. The largest absolute Gasteiger partial charge is 0.382 e. The molecule has 5 heteroatoms. The number of hydrogen-bond donors (Lipinski definition) is 3. The maximum Gasteiger partial charge on any atom is 0.247 e. The molecule has 1 unspecified atom stereocenters. The second-order valence-electron chi connectivity index (χ2n) is 3.18. The second-order valence-corrected chi connectivity index (χ2v) is 4.42. The molecule has 0 saturated carbocycles. The minimum atomic E-state index is -1.12. The van der Waals surface area contributed by atoms with Crippen LogP contribution < -0.4 is 11.1 Å². The van der Waals surface area contributed by atoms with Crippen molar-refractivity contribution in [2.24, 2.45) is 5.73 Å². The fraction of sp³-hybridized carbons (Fsp3) is 0.300. The number of primary amides is 1. The van der Waals surface area contributed by atoms with Gasteiger partial charge in [0.1, 0.15) is 6.10 Å². The van der Waals surface area contributed by atoms with Crippen LogP contribution in [0.5, 0.6) is 0 Å². The first-order chi connectivity index (χ1) is 7.09. The number of halogens is 1. The summed E-state index contributed by atoms with van der Waals surface area (Å²) in [5.41, 5.74) is 6.01. The van der Waals surface area contributed by atoms with Gasteiger partial charge in [0, 0.05) is 16.7 Å². The molecule has 0 heterocycles. The number of amides is 1. The monoisotopic (exact) mass is 320 g/mol. The molecule has 0 spiro atoms. The minimum Gasteiger partial charge on any atom is -0.382 e. The third-order valence-corrected chi connectivity index (χ3v) is 2.63. The van der Waals surface area contributed by atoms with Crippen LogP contribution in [0.25, 0.3) is 0 Å². The maximum atomic E-state index is 10.5. The van der Waals surface area contributed by atoms with E-state index in [4.69, 9.17) is 10.8 Å². The van der Waals surface area contributed by atoms with Gasteiger partial charge in [0.05, 0.1) is 0 Å². The number of aliphatic hydroxyl groups is 1. The number of nitrogens with two attached hydrogens (primary N) is 1. The average Bonchev–Trinajstić information content (AvgIpc) is 2.20. The third kappa shape index (κ3) is 4.59. The quantitative estimate of drug-likeness (QED) is 0.680. The van der Waals surface area contributed by atoms with Crippen molar-refractivity contribution in [2.45, 2.75) is 12.6 Å². The first-order valence-corrected chi connectivity index (χ1v) is 5.60. The first-order valence-electron chi connectivity index (χ1n) is 4.52. The lowest BCUT2D eigenvalue weighted by molar-refractivity contribution is -0.125. The highest BCUT2D eigenvalue weighted by molar-refractivity contribution is 14.1. The van der Waals surface area contributed by atoms with Gasteiger partial charge in [-0.15, -0.1) is 0 Å². The van der Waals surface area contributed by atoms with Crippen molar-refractivity contribution in [1.29, 1.82) is 0 Å². The molecule has 1 atom stereocenters. The van der Waals surface area contributed by atoms with Gasteiger partial charge < -0.3 is 16.2 Å². The Kier molecular flexibility index (Phi) is 5.00. The number of benzene rings is 1. The van der Waals surface area contributed by atoms with Crippen molar-refractivity contribution in [2.75, 3.05) is 6.54 Å². The Bertz CT molecular complexity index is 327. The van der Waals surface area contributed by atoms with E-state index < -0.39 is 12.0 Å². The Morgan fingerprint density at radius 1 is 1.47 bits per heavy atom. The lowest BCUT2D eigenvalue weighted by Gasteiger charge is -2.08. The topological polar surface area (TPSA) is 75.4 Å². The predicted molar refractivity (Wildman–Crippen MR) is 66.1 cm³/mol. The van der Waals surface area contributed by atoms with Crippen LogP contribution in [0, 0.1) is 3.57 Å². The Balaban J connectivity index is 2.32. The van der Waals surface area contributed by atoms with Crippen LogP contribution in [0.4, 0.5) is 0 Å². The van der Waals surface area contributed by atoms with Gasteiger partial charge in [0.15, 0.2) is 0 Å². The normalized spacial score (nSPS) is 12.4. The van der Waals surface area contributed by atoms with Crippen molar-refractivity contribution in [3.05, 3.63) is 33.4 Å². The van der Waals surface area contributed by atoms with Crippen molar-refractivity contribution in [1.82, 2.24) is 5.32 Å². The van der Waals surface area contributed by atoms with Crippen molar-refractivity contribution in [3.63, 3.8) is 0 Å². The number of rotatable bonds is 5. The van der Waals surface area contributed by atoms with Gasteiger partial charge >= 0.3 is 0 Å². The van der Waals surface area contributed by atoms with Crippen LogP contribution in [0.3, 0.4) is 0 Å². The van der Waals surface area contributed by atoms with E-state index in [1.165, 1.54) is 3.57 Å². The molecule has 0 aromatic heterocycles. The lowest BCUT2D eigenvalue weighted by atomic mass is 10.2. The summed E-state index contributed by atoms with van der Waals surface area (Å²) in [6, 6.07) is 7.99. The smallest absolute Gasteiger partial charge is 0.247 e. The molecule has 0 radical (unpaired) electrons. The van der Waals surface area contributed by atoms with E-state index in [1.54, 1.807) is 0 Å². The summed E-state index contributed by atoms with van der Waals surface area (Å²) in [6.07, 6.45) is -1.12. The van der Waals surface area contributed by atoms with Gasteiger partial charge in [-0.25, -0.2) is 0 Å². The standard InChI is InChI=1S/C10H13IN2O2/c11-8-3-1-7(2-4-8)5-13-6-9(14)10(12)15/h1-4,9,13-14H,5-6H2,(H2,12,15). The fourth-order valence-corrected chi connectivity index (χ4v) is 1.42. The molecule has 15 heavy (non-hydrogen) atoms. The Hall–Kier alpha value is -0.660. The molecule has 4 nitrogen and oxygen atoms in total. The predicted octanol–water partition coefficient (Wildman–Crippen LogP) is 0.227. The highest BCUT2D eigenvalue weighted by atomic mass is 127. The first kappa shape index (κ1) is 12.4. The van der Waals surface area contributed by atoms with Gasteiger partial charge in [0.2, 0.25) is 5.91 Å². The molecule has 1 amide bonds. The third-order valence-electron chi connectivity index (χ3n) is 1.91. The van der Waals surface area contributed by atoms with E-state index in [1.807, 2.05) is 24.3 Å². The van der Waals surface area contributed by atoms with Crippen LogP contribution in [0.2, 0.25) is 0 Å². The molecule has 0 aliphatic heterocycles. The van der Waals surface area contributed by atoms with E-state index in [0.717, 1.165) is 5.56 Å². The number of carbonyl (C=O) groups excluding carboxylic acids is 1. The van der Waals surface area contributed by atoms with Crippen molar-refractivity contribution >= 4 is 28.5 Å². The van der Waals surface area contributed by atoms with Crippen LogP contribution in [0.1, 0.15) is 5.56 Å². The van der Waals surface area contributed by atoms with E-state index in [0.29, 0.717) is 6.54 Å². The van der Waals surface area contributed by atoms with Crippen LogP contribution in [-0.4, -0.2) is 23.7 Å². The fourth-order valence-electron chi connectivity index (χ4n) is 1.06. The van der Waals surface area contributed by atoms with Crippen LogP contribution >= 0.6 is 22.6 Å². The summed E-state index contributed by atoms with van der Waals surface area (Å²) in [7, 11) is 0. The zero-order chi connectivity index (χ0) is 11.3. The van der Waals surface area contributed by atoms with Crippen molar-refractivity contribution in [3.8, 4) is 0 Å². The second kappa shape index (κ2) is 6.04. The summed E-state index contributed by atoms with van der Waals surface area (Å²) in [5, 5.41) is 12.1. The van der Waals surface area contributed by atoms with E-state index >= 15 is 0 Å². The summed E-state index contributed by atoms with van der Waals surface area (Å²) >= 11 is 2.23. The molecule has 0 saturated heterocycles. The summed E-state index contributed by atoms with van der Waals surface area (Å²) in [5.74, 6) is -0.704. The molecule has 0 aliphatic carbocycles.